The van der Waals surface area contributed by atoms with Gasteiger partial charge in [-0.1, -0.05) is 83.9 Å². The van der Waals surface area contributed by atoms with Crippen LogP contribution in [0, 0.1) is 47.9 Å². The van der Waals surface area contributed by atoms with Crippen LogP contribution in [0.5, 0.6) is 0 Å². The van der Waals surface area contributed by atoms with Crippen LogP contribution in [0.4, 0.5) is 0 Å². The summed E-state index contributed by atoms with van der Waals surface area (Å²) < 4.78 is 29.7. The highest BCUT2D eigenvalue weighted by Crippen LogP contribution is 2.41. The van der Waals surface area contributed by atoms with Gasteiger partial charge < -0.3 is 33.9 Å². The highest BCUT2D eigenvalue weighted by atomic mass is 16.6. The van der Waals surface area contributed by atoms with Gasteiger partial charge >= 0.3 is 11.9 Å². The molecule has 0 aromatic rings. The number of aliphatic hydroxyl groups is 2. The quantitative estimate of drug-likeness (QED) is 0.191. The number of allylic oxidation sites excluding steroid dienone is 5. The number of ether oxygens (including phenoxy) is 5. The molecular formula is C40H62O9. The molecule has 11 atom stereocenters. The summed E-state index contributed by atoms with van der Waals surface area (Å²) in [6.07, 6.45) is 13.3. The zero-order valence-corrected chi connectivity index (χ0v) is 31.6. The van der Waals surface area contributed by atoms with Crippen molar-refractivity contribution in [2.24, 2.45) is 35.5 Å². The summed E-state index contributed by atoms with van der Waals surface area (Å²) in [5.41, 5.74) is 1.76. The molecule has 0 aromatic carbocycles. The minimum atomic E-state index is -1.55. The highest BCUT2D eigenvalue weighted by Gasteiger charge is 2.49. The molecule has 276 valence electrons. The Morgan fingerprint density at radius 3 is 2.39 bits per heavy atom. The minimum Gasteiger partial charge on any atom is -0.490 e. The van der Waals surface area contributed by atoms with Crippen LogP contribution in [-0.4, -0.2) is 72.7 Å². The lowest BCUT2D eigenvalue weighted by Gasteiger charge is -2.47. The summed E-state index contributed by atoms with van der Waals surface area (Å²) in [6, 6.07) is 0. The smallest absolute Gasteiger partial charge is 0.373 e. The third kappa shape index (κ3) is 11.8. The van der Waals surface area contributed by atoms with Crippen LogP contribution < -0.4 is 0 Å². The van der Waals surface area contributed by atoms with Crippen LogP contribution in [0.1, 0.15) is 94.4 Å². The molecule has 1 saturated heterocycles. The first-order valence-electron chi connectivity index (χ1n) is 17.7. The van der Waals surface area contributed by atoms with Gasteiger partial charge in [-0.05, 0) is 50.5 Å². The molecule has 0 amide bonds. The van der Waals surface area contributed by atoms with E-state index in [4.69, 9.17) is 30.1 Å². The van der Waals surface area contributed by atoms with Crippen molar-refractivity contribution in [3.05, 3.63) is 47.3 Å². The van der Waals surface area contributed by atoms with Crippen molar-refractivity contribution >= 4 is 11.9 Å². The number of methoxy groups -OCH3 is 2. The fraction of sp³-hybridized carbons (Fsp3) is 0.700. The Morgan fingerprint density at radius 1 is 1.12 bits per heavy atom. The zero-order valence-electron chi connectivity index (χ0n) is 31.6. The molecule has 2 N–H and O–H groups in total. The van der Waals surface area contributed by atoms with Crippen LogP contribution in [0.15, 0.2) is 47.3 Å². The van der Waals surface area contributed by atoms with Crippen molar-refractivity contribution in [1.29, 1.82) is 0 Å². The molecule has 0 spiro atoms. The number of terminal acetylenes is 1. The van der Waals surface area contributed by atoms with E-state index in [-0.39, 0.29) is 47.9 Å². The van der Waals surface area contributed by atoms with Gasteiger partial charge in [0.2, 0.25) is 5.76 Å². The highest BCUT2D eigenvalue weighted by molar-refractivity contribution is 5.87. The lowest BCUT2D eigenvalue weighted by Crippen LogP contribution is -2.55. The van der Waals surface area contributed by atoms with Crippen LogP contribution in [-0.2, 0) is 33.3 Å². The number of carbonyl (C=O) groups excluding carboxylic acids is 2. The van der Waals surface area contributed by atoms with Gasteiger partial charge in [-0.25, -0.2) is 4.79 Å². The van der Waals surface area contributed by atoms with Gasteiger partial charge in [0.25, 0.3) is 0 Å². The molecule has 0 bridgehead atoms. The Hall–Kier alpha value is -2.90. The van der Waals surface area contributed by atoms with Crippen molar-refractivity contribution in [2.45, 2.75) is 131 Å². The first kappa shape index (κ1) is 42.3. The van der Waals surface area contributed by atoms with E-state index in [9.17, 15) is 19.8 Å². The first-order valence-corrected chi connectivity index (χ1v) is 17.7. The predicted octanol–water partition coefficient (Wildman–Crippen LogP) is 6.69. The Labute approximate surface area is 295 Å². The molecule has 1 fully saturated rings. The molecule has 0 radical (unpaired) electrons. The molecule has 2 heterocycles. The predicted molar refractivity (Wildman–Crippen MR) is 191 cm³/mol. The number of cyclic esters (lactones) is 1. The van der Waals surface area contributed by atoms with Gasteiger partial charge in [0.05, 0.1) is 25.7 Å². The van der Waals surface area contributed by atoms with Crippen LogP contribution in [0.3, 0.4) is 0 Å². The minimum absolute atomic E-state index is 0.0315. The van der Waals surface area contributed by atoms with Gasteiger partial charge in [-0.2, -0.15) is 0 Å². The maximum Gasteiger partial charge on any atom is 0.373 e. The van der Waals surface area contributed by atoms with Crippen LogP contribution in [0.2, 0.25) is 0 Å². The molecule has 0 unspecified atom stereocenters. The van der Waals surface area contributed by atoms with Gasteiger partial charge in [-0.15, -0.1) is 12.3 Å². The summed E-state index contributed by atoms with van der Waals surface area (Å²) in [6.45, 7) is 17.7. The van der Waals surface area contributed by atoms with Crippen LogP contribution in [0.25, 0.3) is 0 Å². The summed E-state index contributed by atoms with van der Waals surface area (Å²) in [5, 5.41) is 23.5. The lowest BCUT2D eigenvalue weighted by molar-refractivity contribution is -0.311. The molecule has 2 aliphatic heterocycles. The zero-order chi connectivity index (χ0) is 37.1. The van der Waals surface area contributed by atoms with Gasteiger partial charge in [-0.3, -0.25) is 4.79 Å². The largest absolute Gasteiger partial charge is 0.490 e. The number of hydrogen-bond donors (Lipinski definition) is 2. The van der Waals surface area contributed by atoms with E-state index in [0.29, 0.717) is 24.8 Å². The molecule has 2 rings (SSSR count). The van der Waals surface area contributed by atoms with E-state index in [1.165, 1.54) is 14.2 Å². The number of carbonyl (C=O) groups is 2. The summed E-state index contributed by atoms with van der Waals surface area (Å²) in [7, 11) is 2.90. The number of aliphatic hydroxyl groups excluding tert-OH is 1. The van der Waals surface area contributed by atoms with Gasteiger partial charge in [0.1, 0.15) is 18.3 Å². The Bertz CT molecular complexity index is 1260. The van der Waals surface area contributed by atoms with Gasteiger partial charge in [0.15, 0.2) is 5.79 Å². The van der Waals surface area contributed by atoms with Crippen LogP contribution >= 0.6 is 0 Å². The summed E-state index contributed by atoms with van der Waals surface area (Å²) in [5.74, 6) is -1.32. The first-order chi connectivity index (χ1) is 23.0. The Balaban J connectivity index is 2.52. The Morgan fingerprint density at radius 2 is 1.80 bits per heavy atom. The topological polar surface area (TPSA) is 121 Å². The normalized spacial score (nSPS) is 36.3. The van der Waals surface area contributed by atoms with E-state index in [1.807, 2.05) is 45.9 Å². The van der Waals surface area contributed by atoms with Crippen molar-refractivity contribution in [2.75, 3.05) is 14.2 Å². The third-order valence-electron chi connectivity index (χ3n) is 10.1. The number of rotatable bonds is 10. The van der Waals surface area contributed by atoms with E-state index in [1.54, 1.807) is 26.0 Å². The van der Waals surface area contributed by atoms with E-state index >= 15 is 0 Å². The lowest BCUT2D eigenvalue weighted by atomic mass is 9.77. The molecule has 9 heteroatoms. The van der Waals surface area contributed by atoms with Crippen molar-refractivity contribution < 1.29 is 43.5 Å². The fourth-order valence-corrected chi connectivity index (χ4v) is 7.15. The van der Waals surface area contributed by atoms with Gasteiger partial charge in [0, 0.05) is 37.7 Å². The maximum atomic E-state index is 13.7. The SMILES string of the molecule is C#CCCC(=O)O[C@@H]1[C@H](C)/C=C(C)/C=C(\OC)C(=O)O[C@H]([C@@H](C)[C@@H](O)[C@H](C)[C@@]2(O)CC[C@H](C)[C@@H](C(C)C)O2)[C@@H](OC)/C=C/C=C(\C)C[C@@H]1C. The summed E-state index contributed by atoms with van der Waals surface area (Å²) in [4.78, 5) is 26.3. The monoisotopic (exact) mass is 686 g/mol. The molecular weight excluding hydrogens is 624 g/mol. The summed E-state index contributed by atoms with van der Waals surface area (Å²) >= 11 is 0. The average Bonchev–Trinajstić information content (AvgIpc) is 3.05. The molecule has 0 aromatic heterocycles. The third-order valence-corrected chi connectivity index (χ3v) is 10.1. The van der Waals surface area contributed by atoms with Crippen molar-refractivity contribution in [3.63, 3.8) is 0 Å². The van der Waals surface area contributed by atoms with E-state index < -0.39 is 48.0 Å². The fourth-order valence-electron chi connectivity index (χ4n) is 7.15. The van der Waals surface area contributed by atoms with E-state index in [0.717, 1.165) is 12.0 Å². The molecule has 0 saturated carbocycles. The molecule has 0 aliphatic carbocycles. The van der Waals surface area contributed by atoms with Crippen molar-refractivity contribution in [3.8, 4) is 12.3 Å². The second-order valence-corrected chi connectivity index (χ2v) is 14.6. The van der Waals surface area contributed by atoms with Crippen molar-refractivity contribution in [1.82, 2.24) is 0 Å². The standard InChI is InChI=1S/C40H62O9/c1-13-14-18-34(41)47-37-28(7)21-25(4)16-15-17-32(45-11)38(48-39(43)33(46-12)23-26(5)22-29(37)8)30(9)35(42)31(10)40(44)20-19-27(6)36(49-40)24(2)3/h1,15-17,22-24,27-32,35-38,42,44H,14,18-21H2,2-12H3/b17-15+,25-16+,26-22+,33-23-/t27-,28-,29+,30-,31-,32-,35+,36+,37-,38+,40+/m0/s1. The molecule has 9 nitrogen and oxygen atoms in total. The second-order valence-electron chi connectivity index (χ2n) is 14.6. The van der Waals surface area contributed by atoms with E-state index in [2.05, 4.69) is 26.7 Å². The molecule has 2 aliphatic rings. The maximum absolute atomic E-state index is 13.7. The number of esters is 2. The average molecular weight is 687 g/mol. The Kier molecular flexibility index (Phi) is 16.8. The number of hydrogen-bond acceptors (Lipinski definition) is 9. The second kappa shape index (κ2) is 19.5. The molecule has 49 heavy (non-hydrogen) atoms.